The van der Waals surface area contributed by atoms with E-state index in [9.17, 15) is 4.79 Å². The third-order valence-electron chi connectivity index (χ3n) is 4.83. The van der Waals surface area contributed by atoms with Gasteiger partial charge in [-0.15, -0.1) is 0 Å². The van der Waals surface area contributed by atoms with E-state index in [1.165, 1.54) is 29.1 Å². The molecule has 2 aliphatic rings. The summed E-state index contributed by atoms with van der Waals surface area (Å²) in [7, 11) is 0. The predicted molar refractivity (Wildman–Crippen MR) is 98.1 cm³/mol. The van der Waals surface area contributed by atoms with Crippen molar-refractivity contribution in [2.24, 2.45) is 0 Å². The van der Waals surface area contributed by atoms with Crippen LogP contribution in [0.3, 0.4) is 0 Å². The van der Waals surface area contributed by atoms with E-state index in [2.05, 4.69) is 34.6 Å². The van der Waals surface area contributed by atoms with E-state index < -0.39 is 0 Å². The first kappa shape index (κ1) is 16.8. The van der Waals surface area contributed by atoms with Crippen molar-refractivity contribution >= 4 is 23.4 Å². The standard InChI is InChI=1S/C18H27N3OS/c1-14-15(13-21-9-11-23-12-10-21)5-4-7-16(14)20-18(22)17-6-2-3-8-19-17/h4-5,7,17,19H,2-3,6,8-13H2,1H3,(H,20,22)/t17-/m1/s1. The van der Waals surface area contributed by atoms with E-state index in [4.69, 9.17) is 0 Å². The molecule has 0 aromatic heterocycles. The molecule has 0 saturated carbocycles. The van der Waals surface area contributed by atoms with Crippen LogP contribution in [0.4, 0.5) is 5.69 Å². The minimum Gasteiger partial charge on any atom is -0.324 e. The second-order valence-electron chi connectivity index (χ2n) is 6.47. The smallest absolute Gasteiger partial charge is 0.241 e. The van der Waals surface area contributed by atoms with Crippen molar-refractivity contribution in [3.8, 4) is 0 Å². The number of nitrogens with zero attached hydrogens (tertiary/aromatic N) is 1. The van der Waals surface area contributed by atoms with Gasteiger partial charge >= 0.3 is 0 Å². The second-order valence-corrected chi connectivity index (χ2v) is 7.69. The number of rotatable bonds is 4. The number of piperidine rings is 1. The third kappa shape index (κ3) is 4.49. The lowest BCUT2D eigenvalue weighted by Gasteiger charge is -2.27. The van der Waals surface area contributed by atoms with Crippen LogP contribution in [0.15, 0.2) is 18.2 Å². The zero-order valence-electron chi connectivity index (χ0n) is 13.9. The van der Waals surface area contributed by atoms with E-state index >= 15 is 0 Å². The largest absolute Gasteiger partial charge is 0.324 e. The number of amides is 1. The van der Waals surface area contributed by atoms with Gasteiger partial charge in [0.2, 0.25) is 5.91 Å². The molecule has 2 saturated heterocycles. The molecule has 2 N–H and O–H groups in total. The number of nitrogens with one attached hydrogen (secondary N) is 2. The molecule has 1 amide bonds. The zero-order chi connectivity index (χ0) is 16.1. The highest BCUT2D eigenvalue weighted by Gasteiger charge is 2.21. The number of carbonyl (C=O) groups is 1. The molecular formula is C18H27N3OS. The summed E-state index contributed by atoms with van der Waals surface area (Å²) in [5, 5.41) is 6.45. The van der Waals surface area contributed by atoms with Crippen LogP contribution < -0.4 is 10.6 Å². The lowest BCUT2D eigenvalue weighted by Crippen LogP contribution is -2.43. The monoisotopic (exact) mass is 333 g/mol. The average Bonchev–Trinajstić information content (AvgIpc) is 2.60. The second kappa shape index (κ2) is 8.18. The number of carbonyl (C=O) groups excluding carboxylic acids is 1. The van der Waals surface area contributed by atoms with Crippen LogP contribution in [0.25, 0.3) is 0 Å². The normalized spacial score (nSPS) is 22.7. The Morgan fingerprint density at radius 3 is 2.91 bits per heavy atom. The number of anilines is 1. The van der Waals surface area contributed by atoms with Crippen LogP contribution in [0.1, 0.15) is 30.4 Å². The quantitative estimate of drug-likeness (QED) is 0.889. The molecule has 1 aromatic rings. The minimum absolute atomic E-state index is 0.0362. The maximum atomic E-state index is 12.4. The highest BCUT2D eigenvalue weighted by molar-refractivity contribution is 7.99. The summed E-state index contributed by atoms with van der Waals surface area (Å²) in [6, 6.07) is 6.23. The number of benzene rings is 1. The first-order valence-electron chi connectivity index (χ1n) is 8.67. The molecular weight excluding hydrogens is 306 g/mol. The molecule has 2 fully saturated rings. The molecule has 126 valence electrons. The van der Waals surface area contributed by atoms with Crippen molar-refractivity contribution in [1.82, 2.24) is 10.2 Å². The molecule has 0 bridgehead atoms. The molecule has 0 unspecified atom stereocenters. The summed E-state index contributed by atoms with van der Waals surface area (Å²) in [6.07, 6.45) is 3.25. The summed E-state index contributed by atoms with van der Waals surface area (Å²) < 4.78 is 0. The topological polar surface area (TPSA) is 44.4 Å². The molecule has 2 aliphatic heterocycles. The third-order valence-corrected chi connectivity index (χ3v) is 5.77. The molecule has 4 nitrogen and oxygen atoms in total. The van der Waals surface area contributed by atoms with Crippen LogP contribution in [-0.4, -0.2) is 48.0 Å². The van der Waals surface area contributed by atoms with Gasteiger partial charge in [0, 0.05) is 36.8 Å². The predicted octanol–water partition coefficient (Wildman–Crippen LogP) is 2.62. The van der Waals surface area contributed by atoms with E-state index in [0.717, 1.165) is 44.7 Å². The lowest BCUT2D eigenvalue weighted by molar-refractivity contribution is -0.118. The van der Waals surface area contributed by atoms with Crippen molar-refractivity contribution in [3.05, 3.63) is 29.3 Å². The van der Waals surface area contributed by atoms with E-state index in [0.29, 0.717) is 0 Å². The molecule has 3 rings (SSSR count). The van der Waals surface area contributed by atoms with Crippen LogP contribution in [-0.2, 0) is 11.3 Å². The maximum absolute atomic E-state index is 12.4. The van der Waals surface area contributed by atoms with Gasteiger partial charge in [-0.05, 0) is 43.5 Å². The Kier molecular flexibility index (Phi) is 5.97. The van der Waals surface area contributed by atoms with Crippen molar-refractivity contribution in [2.75, 3.05) is 36.5 Å². The van der Waals surface area contributed by atoms with E-state index in [1.54, 1.807) is 0 Å². The Labute approximate surface area is 143 Å². The fraction of sp³-hybridized carbons (Fsp3) is 0.611. The number of hydrogen-bond acceptors (Lipinski definition) is 4. The van der Waals surface area contributed by atoms with Crippen molar-refractivity contribution in [2.45, 2.75) is 38.8 Å². The van der Waals surface area contributed by atoms with Gasteiger partial charge < -0.3 is 10.6 Å². The SMILES string of the molecule is Cc1c(CN2CCSCC2)cccc1NC(=O)[C@H]1CCCCN1. The van der Waals surface area contributed by atoms with Gasteiger partial charge in [-0.25, -0.2) is 0 Å². The van der Waals surface area contributed by atoms with Gasteiger partial charge in [-0.3, -0.25) is 9.69 Å². The fourth-order valence-electron chi connectivity index (χ4n) is 3.29. The van der Waals surface area contributed by atoms with Crippen LogP contribution in [0, 0.1) is 6.92 Å². The van der Waals surface area contributed by atoms with E-state index in [1.807, 2.05) is 17.8 Å². The summed E-state index contributed by atoms with van der Waals surface area (Å²) in [6.45, 7) is 6.37. The zero-order valence-corrected chi connectivity index (χ0v) is 14.8. The average molecular weight is 334 g/mol. The molecule has 0 radical (unpaired) electrons. The van der Waals surface area contributed by atoms with Gasteiger partial charge in [0.25, 0.3) is 0 Å². The van der Waals surface area contributed by atoms with E-state index in [-0.39, 0.29) is 11.9 Å². The summed E-state index contributed by atoms with van der Waals surface area (Å²) >= 11 is 2.04. The van der Waals surface area contributed by atoms with Crippen molar-refractivity contribution < 1.29 is 4.79 Å². The Bertz CT molecular complexity index is 537. The molecule has 5 heteroatoms. The lowest BCUT2D eigenvalue weighted by atomic mass is 10.0. The Morgan fingerprint density at radius 1 is 1.35 bits per heavy atom. The number of thioether (sulfide) groups is 1. The van der Waals surface area contributed by atoms with Crippen LogP contribution >= 0.6 is 11.8 Å². The summed E-state index contributed by atoms with van der Waals surface area (Å²) in [5.74, 6) is 2.56. The fourth-order valence-corrected chi connectivity index (χ4v) is 4.26. The van der Waals surface area contributed by atoms with Gasteiger partial charge in [0.05, 0.1) is 6.04 Å². The highest BCUT2D eigenvalue weighted by atomic mass is 32.2. The number of hydrogen-bond donors (Lipinski definition) is 2. The highest BCUT2D eigenvalue weighted by Crippen LogP contribution is 2.22. The summed E-state index contributed by atoms with van der Waals surface area (Å²) in [4.78, 5) is 14.9. The Hall–Kier alpha value is -1.04. The van der Waals surface area contributed by atoms with Gasteiger partial charge in [0.15, 0.2) is 0 Å². The molecule has 0 spiro atoms. The molecule has 1 aromatic carbocycles. The van der Waals surface area contributed by atoms with Crippen molar-refractivity contribution in [1.29, 1.82) is 0 Å². The maximum Gasteiger partial charge on any atom is 0.241 e. The summed E-state index contributed by atoms with van der Waals surface area (Å²) in [5.41, 5.74) is 3.49. The first-order valence-corrected chi connectivity index (χ1v) is 9.82. The molecule has 1 atom stereocenters. The molecule has 0 aliphatic carbocycles. The van der Waals surface area contributed by atoms with Gasteiger partial charge in [-0.1, -0.05) is 18.6 Å². The van der Waals surface area contributed by atoms with Crippen molar-refractivity contribution in [3.63, 3.8) is 0 Å². The van der Waals surface area contributed by atoms with Crippen LogP contribution in [0.2, 0.25) is 0 Å². The Balaban J connectivity index is 1.65. The van der Waals surface area contributed by atoms with Crippen LogP contribution in [0.5, 0.6) is 0 Å². The molecule has 23 heavy (non-hydrogen) atoms. The molecule has 2 heterocycles. The first-order chi connectivity index (χ1) is 11.2. The van der Waals surface area contributed by atoms with Gasteiger partial charge in [0.1, 0.15) is 0 Å². The minimum atomic E-state index is -0.0362. The Morgan fingerprint density at radius 2 is 2.17 bits per heavy atom. The van der Waals surface area contributed by atoms with Gasteiger partial charge in [-0.2, -0.15) is 11.8 Å².